The third kappa shape index (κ3) is 6.38. The van der Waals surface area contributed by atoms with Crippen molar-refractivity contribution in [3.8, 4) is 0 Å². The molecule has 27 heavy (non-hydrogen) atoms. The van der Waals surface area contributed by atoms with E-state index in [-0.39, 0.29) is 41.3 Å². The van der Waals surface area contributed by atoms with Crippen molar-refractivity contribution >= 4 is 35.8 Å². The Labute approximate surface area is 178 Å². The van der Waals surface area contributed by atoms with Crippen LogP contribution in [-0.2, 0) is 11.3 Å². The number of aliphatic imine (C=N–C) groups is 1. The third-order valence-electron chi connectivity index (χ3n) is 4.95. The van der Waals surface area contributed by atoms with Gasteiger partial charge in [0, 0.05) is 24.6 Å². The molecule has 1 aliphatic carbocycles. The molecule has 0 bridgehead atoms. The van der Waals surface area contributed by atoms with Crippen LogP contribution in [0.4, 0.5) is 0 Å². The lowest BCUT2D eigenvalue weighted by Gasteiger charge is -2.52. The summed E-state index contributed by atoms with van der Waals surface area (Å²) in [6.07, 6.45) is 3.49. The number of unbranched alkanes of at least 4 members (excludes halogenated alkanes) is 1. The van der Waals surface area contributed by atoms with Gasteiger partial charge in [0.1, 0.15) is 12.3 Å². The summed E-state index contributed by atoms with van der Waals surface area (Å²) in [5.74, 6) is 0.912. The van der Waals surface area contributed by atoms with E-state index in [1.165, 1.54) is 0 Å². The van der Waals surface area contributed by atoms with Gasteiger partial charge in [0.05, 0.1) is 6.10 Å². The molecule has 8 heteroatoms. The second kappa shape index (κ2) is 10.9. The number of halogens is 1. The van der Waals surface area contributed by atoms with Crippen LogP contribution in [0.1, 0.15) is 63.3 Å². The quantitative estimate of drug-likeness (QED) is 0.213. The number of carbonyl (C=O) groups excluding carboxylic acids is 1. The molecule has 154 valence electrons. The minimum atomic E-state index is -0.574. The minimum Gasteiger partial charge on any atom is -0.454 e. The summed E-state index contributed by atoms with van der Waals surface area (Å²) < 4.78 is 11.4. The van der Waals surface area contributed by atoms with Crippen LogP contribution in [0.15, 0.2) is 21.5 Å². The van der Waals surface area contributed by atoms with E-state index in [4.69, 9.17) is 14.9 Å². The van der Waals surface area contributed by atoms with Gasteiger partial charge < -0.3 is 25.5 Å². The highest BCUT2D eigenvalue weighted by Crippen LogP contribution is 2.42. The Hall–Kier alpha value is -1.29. The fourth-order valence-corrected chi connectivity index (χ4v) is 3.02. The highest BCUT2D eigenvalue weighted by atomic mass is 127. The van der Waals surface area contributed by atoms with Crippen LogP contribution < -0.4 is 16.4 Å². The normalized spacial score (nSPS) is 21.1. The van der Waals surface area contributed by atoms with E-state index in [0.29, 0.717) is 18.3 Å². The van der Waals surface area contributed by atoms with E-state index < -0.39 is 5.91 Å². The van der Waals surface area contributed by atoms with Gasteiger partial charge in [0.2, 0.25) is 0 Å². The van der Waals surface area contributed by atoms with Crippen LogP contribution in [0, 0.1) is 5.41 Å². The molecule has 1 aromatic heterocycles. The Bertz CT molecular complexity index is 630. The van der Waals surface area contributed by atoms with Crippen LogP contribution in [0.3, 0.4) is 0 Å². The summed E-state index contributed by atoms with van der Waals surface area (Å²) in [4.78, 5) is 15.7. The lowest BCUT2D eigenvalue weighted by molar-refractivity contribution is -0.113. The zero-order chi connectivity index (χ0) is 19.2. The van der Waals surface area contributed by atoms with Gasteiger partial charge >= 0.3 is 0 Å². The van der Waals surface area contributed by atoms with Crippen molar-refractivity contribution < 1.29 is 13.9 Å². The third-order valence-corrected chi connectivity index (χ3v) is 4.95. The van der Waals surface area contributed by atoms with Gasteiger partial charge in [0.25, 0.3) is 5.91 Å². The second-order valence-corrected chi connectivity index (χ2v) is 7.29. The van der Waals surface area contributed by atoms with Crippen molar-refractivity contribution in [2.45, 2.75) is 65.6 Å². The molecule has 0 spiro atoms. The van der Waals surface area contributed by atoms with Crippen LogP contribution in [0.2, 0.25) is 0 Å². The number of nitrogens with one attached hydrogen (secondary N) is 2. The molecule has 7 nitrogen and oxygen atoms in total. The van der Waals surface area contributed by atoms with Gasteiger partial charge in [-0.25, -0.2) is 4.99 Å². The molecule has 0 radical (unpaired) electrons. The van der Waals surface area contributed by atoms with Crippen molar-refractivity contribution in [2.75, 3.05) is 13.2 Å². The van der Waals surface area contributed by atoms with Crippen LogP contribution in [0.25, 0.3) is 0 Å². The predicted molar refractivity (Wildman–Crippen MR) is 117 cm³/mol. The van der Waals surface area contributed by atoms with E-state index in [0.717, 1.165) is 38.4 Å². The van der Waals surface area contributed by atoms with Crippen molar-refractivity contribution in [3.63, 3.8) is 0 Å². The van der Waals surface area contributed by atoms with Crippen molar-refractivity contribution in [2.24, 2.45) is 16.1 Å². The Morgan fingerprint density at radius 3 is 2.70 bits per heavy atom. The number of primary amides is 1. The van der Waals surface area contributed by atoms with Crippen molar-refractivity contribution in [1.82, 2.24) is 10.6 Å². The lowest BCUT2D eigenvalue weighted by atomic mass is 9.64. The first kappa shape index (κ1) is 23.7. The topological polar surface area (TPSA) is 102 Å². The highest BCUT2D eigenvalue weighted by Gasteiger charge is 2.49. The summed E-state index contributed by atoms with van der Waals surface area (Å²) in [7, 11) is 0. The van der Waals surface area contributed by atoms with Gasteiger partial charge in [-0.15, -0.1) is 24.0 Å². The summed E-state index contributed by atoms with van der Waals surface area (Å²) in [6, 6.07) is 3.59. The number of hydrogen-bond acceptors (Lipinski definition) is 4. The SMILES string of the molecule is CCCCOC1CC(NC(=NCc2ccc(C(N)=O)o2)NCC)C1(C)C.I. The molecule has 1 aliphatic rings. The largest absolute Gasteiger partial charge is 0.454 e. The Morgan fingerprint density at radius 2 is 2.15 bits per heavy atom. The zero-order valence-corrected chi connectivity index (χ0v) is 19.0. The van der Waals surface area contributed by atoms with Crippen molar-refractivity contribution in [3.05, 3.63) is 23.7 Å². The number of rotatable bonds is 9. The fraction of sp³-hybridized carbons (Fsp3) is 0.684. The Morgan fingerprint density at radius 1 is 1.41 bits per heavy atom. The molecule has 0 aliphatic heterocycles. The molecule has 1 amide bonds. The van der Waals surface area contributed by atoms with E-state index in [2.05, 4.69) is 36.4 Å². The predicted octanol–water partition coefficient (Wildman–Crippen LogP) is 3.04. The summed E-state index contributed by atoms with van der Waals surface area (Å²) in [5, 5.41) is 6.74. The lowest BCUT2D eigenvalue weighted by Crippen LogP contribution is -2.63. The zero-order valence-electron chi connectivity index (χ0n) is 16.7. The van der Waals surface area contributed by atoms with Crippen LogP contribution >= 0.6 is 24.0 Å². The molecule has 2 unspecified atom stereocenters. The maximum Gasteiger partial charge on any atom is 0.284 e. The summed E-state index contributed by atoms with van der Waals surface area (Å²) >= 11 is 0. The van der Waals surface area contributed by atoms with E-state index in [1.54, 1.807) is 12.1 Å². The summed E-state index contributed by atoms with van der Waals surface area (Å²) in [6.45, 7) is 10.6. The Kier molecular flexibility index (Phi) is 9.58. The molecule has 1 aromatic rings. The van der Waals surface area contributed by atoms with Crippen LogP contribution in [-0.4, -0.2) is 37.2 Å². The first-order valence-electron chi connectivity index (χ1n) is 9.43. The van der Waals surface area contributed by atoms with E-state index in [1.807, 2.05) is 6.92 Å². The van der Waals surface area contributed by atoms with Gasteiger partial charge in [0.15, 0.2) is 11.7 Å². The van der Waals surface area contributed by atoms with Gasteiger partial charge in [-0.2, -0.15) is 0 Å². The monoisotopic (exact) mass is 492 g/mol. The molecule has 0 aromatic carbocycles. The molecular weight excluding hydrogens is 459 g/mol. The first-order valence-corrected chi connectivity index (χ1v) is 9.43. The molecule has 4 N–H and O–H groups in total. The maximum atomic E-state index is 11.1. The van der Waals surface area contributed by atoms with E-state index in [9.17, 15) is 4.79 Å². The average Bonchev–Trinajstić information content (AvgIpc) is 3.07. The van der Waals surface area contributed by atoms with Gasteiger partial charge in [-0.3, -0.25) is 4.79 Å². The maximum absolute atomic E-state index is 11.1. The highest BCUT2D eigenvalue weighted by molar-refractivity contribution is 14.0. The standard InChI is InChI=1S/C19H32N4O3.HI/c1-5-7-10-25-16-11-15(19(16,3)4)23-18(21-6-2)22-12-13-8-9-14(26-13)17(20)24;/h8-9,15-16H,5-7,10-12H2,1-4H3,(H2,20,24)(H2,21,22,23);1H. The number of amides is 1. The molecule has 1 fully saturated rings. The van der Waals surface area contributed by atoms with Gasteiger partial charge in [-0.1, -0.05) is 27.2 Å². The minimum absolute atomic E-state index is 0. The number of furan rings is 1. The van der Waals surface area contributed by atoms with Gasteiger partial charge in [-0.05, 0) is 31.9 Å². The second-order valence-electron chi connectivity index (χ2n) is 7.29. The number of nitrogens with zero attached hydrogens (tertiary/aromatic N) is 1. The molecule has 1 heterocycles. The first-order chi connectivity index (χ1) is 12.4. The number of nitrogens with two attached hydrogens (primary N) is 1. The summed E-state index contributed by atoms with van der Waals surface area (Å²) in [5.41, 5.74) is 5.25. The van der Waals surface area contributed by atoms with Crippen LogP contribution in [0.5, 0.6) is 0 Å². The molecule has 0 saturated heterocycles. The molecular formula is C19H33IN4O3. The van der Waals surface area contributed by atoms with Crippen molar-refractivity contribution in [1.29, 1.82) is 0 Å². The number of ether oxygens (including phenoxy) is 1. The number of hydrogen-bond donors (Lipinski definition) is 3. The number of guanidine groups is 1. The molecule has 2 rings (SSSR count). The molecule has 2 atom stereocenters. The fourth-order valence-electron chi connectivity index (χ4n) is 3.02. The van der Waals surface area contributed by atoms with E-state index >= 15 is 0 Å². The average molecular weight is 492 g/mol. The smallest absolute Gasteiger partial charge is 0.284 e. The Balaban J connectivity index is 0.00000364. The number of carbonyl (C=O) groups is 1. The molecule has 1 saturated carbocycles.